The van der Waals surface area contributed by atoms with Gasteiger partial charge in [0.1, 0.15) is 0 Å². The summed E-state index contributed by atoms with van der Waals surface area (Å²) in [6.07, 6.45) is 13.6. The molecule has 126 valence electrons. The van der Waals surface area contributed by atoms with Crippen LogP contribution in [0.2, 0.25) is 0 Å². The normalized spacial score (nSPS) is 18.9. The van der Waals surface area contributed by atoms with Gasteiger partial charge < -0.3 is 10.2 Å². The molecule has 0 radical (unpaired) electrons. The van der Waals surface area contributed by atoms with Crippen LogP contribution in [0.15, 0.2) is 0 Å². The molecule has 1 aliphatic rings. The molecule has 0 bridgehead atoms. The maximum atomic E-state index is 12.3. The van der Waals surface area contributed by atoms with Gasteiger partial charge in [0, 0.05) is 32.5 Å². The molecule has 0 aromatic heterocycles. The molecule has 4 heteroatoms. The summed E-state index contributed by atoms with van der Waals surface area (Å²) in [7, 11) is 0. The highest BCUT2D eigenvalue weighted by atomic mass is 16.2. The molecule has 0 unspecified atom stereocenters. The Morgan fingerprint density at radius 1 is 0.955 bits per heavy atom. The highest BCUT2D eigenvalue weighted by Gasteiger charge is 2.12. The van der Waals surface area contributed by atoms with Crippen LogP contribution in [0.25, 0.3) is 0 Å². The van der Waals surface area contributed by atoms with Gasteiger partial charge in [-0.1, -0.05) is 44.9 Å². The SMILES string of the molecule is N#CCCNCCCN1CCCCCCCCCCCC1=O. The Balaban J connectivity index is 2.27. The molecule has 0 spiro atoms. The van der Waals surface area contributed by atoms with E-state index in [-0.39, 0.29) is 0 Å². The number of nitriles is 1. The molecule has 1 heterocycles. The molecular formula is C18H33N3O. The average Bonchev–Trinajstić information content (AvgIpc) is 2.54. The molecular weight excluding hydrogens is 274 g/mol. The molecule has 22 heavy (non-hydrogen) atoms. The lowest BCUT2D eigenvalue weighted by molar-refractivity contribution is -0.131. The van der Waals surface area contributed by atoms with E-state index in [9.17, 15) is 4.79 Å². The monoisotopic (exact) mass is 307 g/mol. The van der Waals surface area contributed by atoms with E-state index in [0.29, 0.717) is 12.3 Å². The molecule has 0 aromatic rings. The highest BCUT2D eigenvalue weighted by molar-refractivity contribution is 5.76. The predicted molar refractivity (Wildman–Crippen MR) is 90.5 cm³/mol. The third kappa shape index (κ3) is 9.78. The largest absolute Gasteiger partial charge is 0.343 e. The third-order valence-corrected chi connectivity index (χ3v) is 4.37. The first-order chi connectivity index (χ1) is 10.8. The molecule has 1 amide bonds. The van der Waals surface area contributed by atoms with Crippen molar-refractivity contribution in [3.63, 3.8) is 0 Å². The third-order valence-electron chi connectivity index (χ3n) is 4.37. The van der Waals surface area contributed by atoms with Crippen LogP contribution in [0.3, 0.4) is 0 Å². The minimum atomic E-state index is 0.344. The smallest absolute Gasteiger partial charge is 0.222 e. The van der Waals surface area contributed by atoms with Gasteiger partial charge in [0.05, 0.1) is 6.07 Å². The number of hydrogen-bond donors (Lipinski definition) is 1. The van der Waals surface area contributed by atoms with Gasteiger partial charge in [-0.05, 0) is 25.8 Å². The van der Waals surface area contributed by atoms with Crippen molar-refractivity contribution in [2.75, 3.05) is 26.2 Å². The Hall–Kier alpha value is -1.08. The first kappa shape index (κ1) is 19.0. The zero-order valence-corrected chi connectivity index (χ0v) is 14.1. The molecule has 0 aliphatic carbocycles. The van der Waals surface area contributed by atoms with Gasteiger partial charge in [0.15, 0.2) is 0 Å². The quantitative estimate of drug-likeness (QED) is 0.762. The van der Waals surface area contributed by atoms with Crippen LogP contribution in [0.4, 0.5) is 0 Å². The van der Waals surface area contributed by atoms with Crippen LogP contribution in [-0.4, -0.2) is 37.0 Å². The van der Waals surface area contributed by atoms with E-state index in [1.807, 2.05) is 0 Å². The summed E-state index contributed by atoms with van der Waals surface area (Å²) in [5.41, 5.74) is 0. The van der Waals surface area contributed by atoms with Crippen molar-refractivity contribution in [3.8, 4) is 6.07 Å². The number of carbonyl (C=O) groups is 1. The van der Waals surface area contributed by atoms with Gasteiger partial charge in [0.25, 0.3) is 0 Å². The minimum absolute atomic E-state index is 0.344. The minimum Gasteiger partial charge on any atom is -0.343 e. The topological polar surface area (TPSA) is 56.1 Å². The fourth-order valence-electron chi connectivity index (χ4n) is 3.00. The van der Waals surface area contributed by atoms with Crippen molar-refractivity contribution in [3.05, 3.63) is 0 Å². The molecule has 1 N–H and O–H groups in total. The summed E-state index contributed by atoms with van der Waals surface area (Å²) in [6, 6.07) is 2.13. The van der Waals surface area contributed by atoms with E-state index >= 15 is 0 Å². The summed E-state index contributed by atoms with van der Waals surface area (Å²) in [5.74, 6) is 0.344. The van der Waals surface area contributed by atoms with Crippen LogP contribution < -0.4 is 5.32 Å². The molecule has 1 saturated heterocycles. The summed E-state index contributed by atoms with van der Waals surface area (Å²) < 4.78 is 0. The van der Waals surface area contributed by atoms with Gasteiger partial charge >= 0.3 is 0 Å². The van der Waals surface area contributed by atoms with E-state index in [1.165, 1.54) is 44.9 Å². The van der Waals surface area contributed by atoms with Crippen molar-refractivity contribution < 1.29 is 4.79 Å². The Morgan fingerprint density at radius 2 is 1.59 bits per heavy atom. The second-order valence-corrected chi connectivity index (χ2v) is 6.32. The summed E-state index contributed by atoms with van der Waals surface area (Å²) in [5, 5.41) is 11.7. The Morgan fingerprint density at radius 3 is 2.27 bits per heavy atom. The van der Waals surface area contributed by atoms with E-state index in [2.05, 4.69) is 16.3 Å². The lowest BCUT2D eigenvalue weighted by atomic mass is 10.1. The Kier molecular flexibility index (Phi) is 11.7. The highest BCUT2D eigenvalue weighted by Crippen LogP contribution is 2.13. The first-order valence-electron chi connectivity index (χ1n) is 9.20. The van der Waals surface area contributed by atoms with E-state index in [0.717, 1.165) is 51.9 Å². The summed E-state index contributed by atoms with van der Waals surface area (Å²) >= 11 is 0. The molecule has 0 atom stereocenters. The number of nitrogens with one attached hydrogen (secondary N) is 1. The second-order valence-electron chi connectivity index (χ2n) is 6.32. The number of nitrogens with zero attached hydrogens (tertiary/aromatic N) is 2. The predicted octanol–water partition coefficient (Wildman–Crippen LogP) is 3.62. The van der Waals surface area contributed by atoms with Gasteiger partial charge in [-0.3, -0.25) is 4.79 Å². The zero-order valence-electron chi connectivity index (χ0n) is 14.1. The maximum Gasteiger partial charge on any atom is 0.222 e. The number of carbonyl (C=O) groups excluding carboxylic acids is 1. The zero-order chi connectivity index (χ0) is 15.9. The Labute approximate surface area is 136 Å². The lowest BCUT2D eigenvalue weighted by Crippen LogP contribution is -2.34. The first-order valence-corrected chi connectivity index (χ1v) is 9.20. The van der Waals surface area contributed by atoms with Gasteiger partial charge in [0.2, 0.25) is 5.91 Å². The summed E-state index contributed by atoms with van der Waals surface area (Å²) in [6.45, 7) is 3.44. The molecule has 4 nitrogen and oxygen atoms in total. The average molecular weight is 307 g/mol. The van der Waals surface area contributed by atoms with Crippen LogP contribution in [0.5, 0.6) is 0 Å². The number of hydrogen-bond acceptors (Lipinski definition) is 3. The molecule has 1 rings (SSSR count). The van der Waals surface area contributed by atoms with Crippen LogP contribution in [0, 0.1) is 11.3 Å². The van der Waals surface area contributed by atoms with Crippen molar-refractivity contribution in [1.29, 1.82) is 5.26 Å². The van der Waals surface area contributed by atoms with E-state index in [4.69, 9.17) is 5.26 Å². The van der Waals surface area contributed by atoms with Gasteiger partial charge in [-0.15, -0.1) is 0 Å². The molecule has 1 fully saturated rings. The number of amides is 1. The van der Waals surface area contributed by atoms with Crippen molar-refractivity contribution in [1.82, 2.24) is 10.2 Å². The molecule has 1 aliphatic heterocycles. The standard InChI is InChI=1S/C18H33N3O/c19-13-10-14-20-15-11-17-21-16-9-7-5-3-1-2-4-6-8-12-18(21)22/h20H,1-12,14-17H2. The fourth-order valence-corrected chi connectivity index (χ4v) is 3.00. The molecule has 0 aromatic carbocycles. The van der Waals surface area contributed by atoms with Crippen molar-refractivity contribution in [2.24, 2.45) is 0 Å². The fraction of sp³-hybridized carbons (Fsp3) is 0.889. The van der Waals surface area contributed by atoms with Crippen LogP contribution in [-0.2, 0) is 4.79 Å². The summed E-state index contributed by atoms with van der Waals surface area (Å²) in [4.78, 5) is 14.4. The van der Waals surface area contributed by atoms with Gasteiger partial charge in [-0.25, -0.2) is 0 Å². The molecule has 0 saturated carbocycles. The van der Waals surface area contributed by atoms with Gasteiger partial charge in [-0.2, -0.15) is 5.26 Å². The number of rotatable bonds is 6. The maximum absolute atomic E-state index is 12.3. The second kappa shape index (κ2) is 13.6. The lowest BCUT2D eigenvalue weighted by Gasteiger charge is -2.23. The van der Waals surface area contributed by atoms with Crippen LogP contribution in [0.1, 0.15) is 77.0 Å². The van der Waals surface area contributed by atoms with Crippen LogP contribution >= 0.6 is 0 Å². The van der Waals surface area contributed by atoms with Crippen molar-refractivity contribution in [2.45, 2.75) is 77.0 Å². The van der Waals surface area contributed by atoms with Crippen molar-refractivity contribution >= 4 is 5.91 Å². The van der Waals surface area contributed by atoms with E-state index in [1.54, 1.807) is 0 Å². The Bertz CT molecular complexity index is 325. The van der Waals surface area contributed by atoms with E-state index < -0.39 is 0 Å².